The molecule has 5 heteroatoms. The molecule has 0 amide bonds. The number of para-hydroxylation sites is 3. The van der Waals surface area contributed by atoms with Gasteiger partial charge in [0.25, 0.3) is 0 Å². The van der Waals surface area contributed by atoms with E-state index in [1.165, 1.54) is 32.9 Å². The standard InChI is InChI=1S/C43H28N5/c1-3-13-29(14-4-1)43-35-19-7-10-20-38(35)44-48(45-43)47-41-22-12-9-18-34(41)37-28-31(24-26-42(37)47)30-23-25-40-36(27-30)33-17-8-11-21-39(33)46(40)32-15-5-2-6-16-32/h1-28H/q+1. The van der Waals surface area contributed by atoms with Crippen LogP contribution in [-0.4, -0.2) is 19.4 Å². The topological polar surface area (TPSA) is 39.5 Å². The predicted molar refractivity (Wildman–Crippen MR) is 195 cm³/mol. The lowest BCUT2D eigenvalue weighted by molar-refractivity contribution is -0.825. The molecule has 0 atom stereocenters. The summed E-state index contributed by atoms with van der Waals surface area (Å²) in [7, 11) is 0. The third-order valence-electron chi connectivity index (χ3n) is 9.44. The van der Waals surface area contributed by atoms with Crippen molar-refractivity contribution < 1.29 is 4.91 Å². The molecular formula is C43H28N5+. The Morgan fingerprint density at radius 2 is 0.896 bits per heavy atom. The fourth-order valence-electron chi connectivity index (χ4n) is 7.25. The van der Waals surface area contributed by atoms with Gasteiger partial charge in [-0.2, -0.15) is 0 Å². The molecule has 0 aliphatic rings. The van der Waals surface area contributed by atoms with Crippen LogP contribution in [-0.2, 0) is 0 Å². The Bertz CT molecular complexity index is 2830. The first-order chi connectivity index (χ1) is 23.8. The number of nitrogens with zero attached hydrogens (tertiary/aromatic N) is 5. The molecule has 0 N–H and O–H groups in total. The molecule has 0 bridgehead atoms. The number of fused-ring (bicyclic) bond motifs is 7. The van der Waals surface area contributed by atoms with E-state index >= 15 is 0 Å². The van der Waals surface area contributed by atoms with E-state index in [1.807, 2.05) is 18.2 Å². The molecule has 7 aromatic carbocycles. The molecule has 10 aromatic rings. The van der Waals surface area contributed by atoms with E-state index in [-0.39, 0.29) is 0 Å². The normalized spacial score (nSPS) is 11.8. The first-order valence-electron chi connectivity index (χ1n) is 16.2. The Morgan fingerprint density at radius 1 is 0.375 bits per heavy atom. The van der Waals surface area contributed by atoms with E-state index in [0.717, 1.165) is 49.7 Å². The molecule has 48 heavy (non-hydrogen) atoms. The molecule has 0 unspecified atom stereocenters. The van der Waals surface area contributed by atoms with Crippen LogP contribution in [0.3, 0.4) is 0 Å². The van der Waals surface area contributed by atoms with Gasteiger partial charge in [0, 0.05) is 38.2 Å². The summed E-state index contributed by atoms with van der Waals surface area (Å²) in [5.74, 6) is 0. The summed E-state index contributed by atoms with van der Waals surface area (Å²) in [4.78, 5) is 1.76. The van der Waals surface area contributed by atoms with E-state index < -0.39 is 0 Å². The highest BCUT2D eigenvalue weighted by molar-refractivity contribution is 6.12. The third-order valence-corrected chi connectivity index (χ3v) is 9.44. The summed E-state index contributed by atoms with van der Waals surface area (Å²) in [6, 6.07) is 59.9. The smallest absolute Gasteiger partial charge is 0.163 e. The van der Waals surface area contributed by atoms with E-state index in [2.05, 4.69) is 161 Å². The van der Waals surface area contributed by atoms with Gasteiger partial charge in [0.05, 0.1) is 21.2 Å². The highest BCUT2D eigenvalue weighted by Gasteiger charge is 2.24. The van der Waals surface area contributed by atoms with Crippen molar-refractivity contribution >= 4 is 54.5 Å². The van der Waals surface area contributed by atoms with E-state index in [0.29, 0.717) is 0 Å². The highest BCUT2D eigenvalue weighted by Crippen LogP contribution is 2.37. The second-order valence-corrected chi connectivity index (χ2v) is 12.2. The van der Waals surface area contributed by atoms with E-state index in [1.54, 1.807) is 4.91 Å². The number of benzene rings is 7. The minimum Gasteiger partial charge on any atom is -0.309 e. The lowest BCUT2D eigenvalue weighted by Gasteiger charge is -2.08. The van der Waals surface area contributed by atoms with Crippen molar-refractivity contribution in [3.8, 4) is 28.1 Å². The van der Waals surface area contributed by atoms with Crippen LogP contribution in [0.4, 0.5) is 0 Å². The first kappa shape index (κ1) is 26.6. The van der Waals surface area contributed by atoms with E-state index in [9.17, 15) is 0 Å². The van der Waals surface area contributed by atoms with Crippen LogP contribution in [0.15, 0.2) is 170 Å². The predicted octanol–water partition coefficient (Wildman–Crippen LogP) is 9.77. The second-order valence-electron chi connectivity index (χ2n) is 12.2. The van der Waals surface area contributed by atoms with Crippen LogP contribution in [0.25, 0.3) is 82.6 Å². The third kappa shape index (κ3) is 4.01. The summed E-state index contributed by atoms with van der Waals surface area (Å²) >= 11 is 0. The molecule has 5 nitrogen and oxygen atoms in total. The van der Waals surface area contributed by atoms with Crippen LogP contribution < -0.4 is 4.91 Å². The van der Waals surface area contributed by atoms with Crippen LogP contribution >= 0.6 is 0 Å². The summed E-state index contributed by atoms with van der Waals surface area (Å²) in [6.45, 7) is 0. The van der Waals surface area contributed by atoms with Crippen LogP contribution in [0, 0.1) is 0 Å². The quantitative estimate of drug-likeness (QED) is 0.185. The maximum atomic E-state index is 5.15. The van der Waals surface area contributed by atoms with Gasteiger partial charge >= 0.3 is 0 Å². The molecule has 0 saturated carbocycles. The van der Waals surface area contributed by atoms with Gasteiger partial charge < -0.3 is 4.57 Å². The van der Waals surface area contributed by atoms with Crippen molar-refractivity contribution in [2.24, 2.45) is 0 Å². The van der Waals surface area contributed by atoms with Crippen molar-refractivity contribution in [1.82, 2.24) is 19.4 Å². The van der Waals surface area contributed by atoms with Crippen LogP contribution in [0.2, 0.25) is 0 Å². The van der Waals surface area contributed by atoms with Crippen LogP contribution in [0.1, 0.15) is 0 Å². The zero-order valence-corrected chi connectivity index (χ0v) is 25.9. The van der Waals surface area contributed by atoms with Gasteiger partial charge in [0.15, 0.2) is 10.6 Å². The minimum atomic E-state index is 0.886. The van der Waals surface area contributed by atoms with Crippen molar-refractivity contribution in [2.75, 3.05) is 0 Å². The number of hydrogen-bond acceptors (Lipinski definition) is 2. The van der Waals surface area contributed by atoms with Gasteiger partial charge in [-0.25, -0.2) is 0 Å². The number of hydrogen-bond donors (Lipinski definition) is 0. The van der Waals surface area contributed by atoms with Crippen LogP contribution in [0.5, 0.6) is 0 Å². The SMILES string of the molecule is c1ccc(-c2n[n+](-n3c4ccccc4c4cc(-c5ccc6c(c5)c5ccccc5n6-c5ccccc5)ccc43)nc3ccccc23)cc1. The van der Waals surface area contributed by atoms with E-state index in [4.69, 9.17) is 10.2 Å². The maximum Gasteiger partial charge on any atom is 0.163 e. The Balaban J connectivity index is 1.18. The molecule has 224 valence electrons. The Kier molecular flexibility index (Phi) is 5.81. The molecular weight excluding hydrogens is 587 g/mol. The molecule has 0 radical (unpaired) electrons. The van der Waals surface area contributed by atoms with Gasteiger partial charge in [-0.15, -0.1) is 0 Å². The monoisotopic (exact) mass is 614 g/mol. The summed E-state index contributed by atoms with van der Waals surface area (Å²) in [5, 5.41) is 16.0. The van der Waals surface area contributed by atoms with Crippen molar-refractivity contribution in [2.45, 2.75) is 0 Å². The Hall–Kier alpha value is -6.59. The molecule has 0 fully saturated rings. The Morgan fingerprint density at radius 3 is 1.65 bits per heavy atom. The average Bonchev–Trinajstić information content (AvgIpc) is 3.67. The largest absolute Gasteiger partial charge is 0.309 e. The van der Waals surface area contributed by atoms with Gasteiger partial charge in [-0.05, 0) is 65.7 Å². The molecule has 0 spiro atoms. The summed E-state index contributed by atoms with van der Waals surface area (Å²) < 4.78 is 4.49. The average molecular weight is 615 g/mol. The van der Waals surface area contributed by atoms with Crippen molar-refractivity contribution in [3.63, 3.8) is 0 Å². The molecule has 0 saturated heterocycles. The zero-order chi connectivity index (χ0) is 31.6. The van der Waals surface area contributed by atoms with Gasteiger partial charge in [0.2, 0.25) is 0 Å². The fraction of sp³-hybridized carbons (Fsp3) is 0. The molecule has 0 aliphatic heterocycles. The Labute approximate surface area is 276 Å². The van der Waals surface area contributed by atoms with Crippen molar-refractivity contribution in [3.05, 3.63) is 170 Å². The minimum absolute atomic E-state index is 0.886. The zero-order valence-electron chi connectivity index (χ0n) is 25.9. The second kappa shape index (κ2) is 10.5. The summed E-state index contributed by atoms with van der Waals surface area (Å²) in [5.41, 5.74) is 10.8. The highest BCUT2D eigenvalue weighted by atomic mass is 15.7. The number of aromatic nitrogens is 5. The van der Waals surface area contributed by atoms with Gasteiger partial charge in [-0.3, -0.25) is 0 Å². The van der Waals surface area contributed by atoms with Gasteiger partial charge in [0.1, 0.15) is 16.6 Å². The number of rotatable bonds is 4. The van der Waals surface area contributed by atoms with Gasteiger partial charge in [-0.1, -0.05) is 120 Å². The maximum absolute atomic E-state index is 5.15. The first-order valence-corrected chi connectivity index (χ1v) is 16.2. The summed E-state index contributed by atoms with van der Waals surface area (Å²) in [6.07, 6.45) is 0. The molecule has 10 rings (SSSR count). The van der Waals surface area contributed by atoms with Crippen molar-refractivity contribution in [1.29, 1.82) is 0 Å². The lowest BCUT2D eigenvalue weighted by Crippen LogP contribution is -2.49. The molecule has 0 aliphatic carbocycles. The molecule has 3 heterocycles. The molecule has 3 aromatic heterocycles. The fourth-order valence-corrected chi connectivity index (χ4v) is 7.25. The lowest BCUT2D eigenvalue weighted by atomic mass is 10.0.